The Morgan fingerprint density at radius 1 is 0.680 bits per heavy atom. The summed E-state index contributed by atoms with van der Waals surface area (Å²) in [6.45, 7) is 1.14. The van der Waals surface area contributed by atoms with E-state index in [0.29, 0.717) is 0 Å². The topological polar surface area (TPSA) is 3.24 Å². The molecular formula is C23H26NP. The molecule has 3 aromatic carbocycles. The Morgan fingerprint density at radius 2 is 1.24 bits per heavy atom. The molecule has 0 bridgehead atoms. The molecule has 0 aromatic heterocycles. The summed E-state index contributed by atoms with van der Waals surface area (Å²) >= 11 is 0. The summed E-state index contributed by atoms with van der Waals surface area (Å²) in [7, 11) is 3.78. The van der Waals surface area contributed by atoms with E-state index >= 15 is 0 Å². The molecule has 0 radical (unpaired) electrons. The maximum atomic E-state index is 2.42. The van der Waals surface area contributed by atoms with Crippen LogP contribution in [0.4, 0.5) is 0 Å². The average molecular weight is 347 g/mol. The van der Waals surface area contributed by atoms with Gasteiger partial charge in [0.25, 0.3) is 0 Å². The number of nitrogens with zero attached hydrogens (tertiary/aromatic N) is 1. The van der Waals surface area contributed by atoms with Gasteiger partial charge in [0.05, 0.1) is 0 Å². The molecule has 0 saturated carbocycles. The zero-order chi connectivity index (χ0) is 17.5. The molecule has 3 rings (SSSR count). The molecule has 0 unspecified atom stereocenters. The summed E-state index contributed by atoms with van der Waals surface area (Å²) in [4.78, 5) is 2.25. The zero-order valence-corrected chi connectivity index (χ0v) is 16.0. The van der Waals surface area contributed by atoms with E-state index < -0.39 is 7.92 Å². The maximum Gasteiger partial charge on any atom is -0.00217 e. The van der Waals surface area contributed by atoms with E-state index in [-0.39, 0.29) is 0 Å². The van der Waals surface area contributed by atoms with E-state index in [1.54, 1.807) is 0 Å². The molecule has 0 aliphatic rings. The molecule has 128 valence electrons. The molecule has 0 spiro atoms. The highest BCUT2D eigenvalue weighted by Crippen LogP contribution is 2.32. The summed E-state index contributed by atoms with van der Waals surface area (Å²) in [5.41, 5.74) is 1.44. The monoisotopic (exact) mass is 347 g/mol. The first-order valence-corrected chi connectivity index (χ1v) is 10.2. The molecule has 0 N–H and O–H groups in total. The zero-order valence-electron chi connectivity index (χ0n) is 15.1. The summed E-state index contributed by atoms with van der Waals surface area (Å²) in [5, 5.41) is 4.26. The van der Waals surface area contributed by atoms with Crippen molar-refractivity contribution in [2.45, 2.75) is 12.8 Å². The van der Waals surface area contributed by atoms with E-state index in [1.165, 1.54) is 27.9 Å². The normalized spacial score (nSPS) is 11.2. The first kappa shape index (κ1) is 17.9. The third-order valence-electron chi connectivity index (χ3n) is 4.27. The van der Waals surface area contributed by atoms with Gasteiger partial charge in [0, 0.05) is 0 Å². The van der Waals surface area contributed by atoms with Crippen LogP contribution < -0.4 is 15.9 Å². The Balaban J connectivity index is 1.91. The van der Waals surface area contributed by atoms with Gasteiger partial charge >= 0.3 is 0 Å². The Bertz CT molecular complexity index is 729. The van der Waals surface area contributed by atoms with Crippen molar-refractivity contribution in [1.29, 1.82) is 0 Å². The molecule has 0 amide bonds. The van der Waals surface area contributed by atoms with Crippen LogP contribution in [-0.2, 0) is 6.42 Å². The molecule has 0 heterocycles. The average Bonchev–Trinajstić information content (AvgIpc) is 2.64. The highest BCUT2D eigenvalue weighted by Gasteiger charge is 2.16. The molecule has 0 aliphatic heterocycles. The fourth-order valence-electron chi connectivity index (χ4n) is 3.05. The summed E-state index contributed by atoms with van der Waals surface area (Å²) in [6.07, 6.45) is 2.34. The molecule has 1 nitrogen and oxygen atoms in total. The molecule has 0 atom stereocenters. The van der Waals surface area contributed by atoms with Crippen LogP contribution in [0.2, 0.25) is 0 Å². The van der Waals surface area contributed by atoms with Gasteiger partial charge in [-0.3, -0.25) is 0 Å². The first-order chi connectivity index (χ1) is 12.2. The minimum atomic E-state index is -0.500. The number of benzene rings is 3. The van der Waals surface area contributed by atoms with Crippen molar-refractivity contribution in [3.63, 3.8) is 0 Å². The van der Waals surface area contributed by atoms with Crippen molar-refractivity contribution in [2.24, 2.45) is 0 Å². The Hall–Kier alpha value is -1.95. The van der Waals surface area contributed by atoms with E-state index in [0.717, 1.165) is 13.0 Å². The standard InChI is InChI=1S/C23H26NP/c1-24(2)18-10-12-20-11-9-17-23(19-20)25(21-13-5-3-6-14-21)22-15-7-4-8-16-22/h3-9,11,13-17,19H,10,12,18H2,1-2H3. The number of aryl methyl sites for hydroxylation is 1. The largest absolute Gasteiger partial charge is 0.309 e. The Labute approximate surface area is 153 Å². The van der Waals surface area contributed by atoms with Crippen LogP contribution in [-0.4, -0.2) is 25.5 Å². The molecule has 3 aromatic rings. The smallest absolute Gasteiger partial charge is 0.00217 e. The predicted octanol–water partition coefficient (Wildman–Crippen LogP) is 3.94. The van der Waals surface area contributed by atoms with Crippen molar-refractivity contribution in [3.8, 4) is 0 Å². The Morgan fingerprint density at radius 3 is 1.80 bits per heavy atom. The first-order valence-electron chi connectivity index (χ1n) is 8.88. The minimum Gasteiger partial charge on any atom is -0.309 e. The van der Waals surface area contributed by atoms with Crippen molar-refractivity contribution in [3.05, 3.63) is 90.5 Å². The molecule has 0 fully saturated rings. The van der Waals surface area contributed by atoms with Crippen LogP contribution in [0.5, 0.6) is 0 Å². The van der Waals surface area contributed by atoms with Gasteiger partial charge in [-0.2, -0.15) is 0 Å². The van der Waals surface area contributed by atoms with Gasteiger partial charge in [0.1, 0.15) is 0 Å². The minimum absolute atomic E-state index is 0.500. The van der Waals surface area contributed by atoms with Gasteiger partial charge in [-0.15, -0.1) is 0 Å². The van der Waals surface area contributed by atoms with Gasteiger partial charge in [0.15, 0.2) is 0 Å². The second kappa shape index (κ2) is 8.94. The van der Waals surface area contributed by atoms with Crippen LogP contribution in [0.25, 0.3) is 0 Å². The van der Waals surface area contributed by atoms with Crippen LogP contribution in [0.1, 0.15) is 12.0 Å². The van der Waals surface area contributed by atoms with Crippen molar-refractivity contribution in [2.75, 3.05) is 20.6 Å². The molecular weight excluding hydrogens is 321 g/mol. The van der Waals surface area contributed by atoms with Gasteiger partial charge in [-0.25, -0.2) is 0 Å². The van der Waals surface area contributed by atoms with Gasteiger partial charge in [0.2, 0.25) is 0 Å². The molecule has 0 aliphatic carbocycles. The molecule has 0 saturated heterocycles. The quantitative estimate of drug-likeness (QED) is 0.585. The SMILES string of the molecule is CN(C)CCCc1cccc(P(c2ccccc2)c2ccccc2)c1. The highest BCUT2D eigenvalue weighted by atomic mass is 31.1. The van der Waals surface area contributed by atoms with Crippen molar-refractivity contribution < 1.29 is 0 Å². The summed E-state index contributed by atoms with van der Waals surface area (Å²) in [5.74, 6) is 0. The lowest BCUT2D eigenvalue weighted by Gasteiger charge is -2.20. The number of hydrogen-bond acceptors (Lipinski definition) is 1. The van der Waals surface area contributed by atoms with E-state index in [2.05, 4.69) is 104 Å². The van der Waals surface area contributed by atoms with Crippen LogP contribution in [0.3, 0.4) is 0 Å². The number of rotatable bonds is 7. The lowest BCUT2D eigenvalue weighted by Crippen LogP contribution is -2.21. The second-order valence-corrected chi connectivity index (χ2v) is 8.80. The van der Waals surface area contributed by atoms with E-state index in [1.807, 2.05) is 0 Å². The highest BCUT2D eigenvalue weighted by molar-refractivity contribution is 7.79. The van der Waals surface area contributed by atoms with Crippen LogP contribution in [0, 0.1) is 0 Å². The van der Waals surface area contributed by atoms with E-state index in [4.69, 9.17) is 0 Å². The lowest BCUT2D eigenvalue weighted by atomic mass is 10.1. The molecule has 25 heavy (non-hydrogen) atoms. The van der Waals surface area contributed by atoms with Gasteiger partial charge in [-0.1, -0.05) is 84.9 Å². The molecule has 2 heteroatoms. The number of hydrogen-bond donors (Lipinski definition) is 0. The van der Waals surface area contributed by atoms with E-state index in [9.17, 15) is 0 Å². The Kier molecular flexibility index (Phi) is 6.39. The van der Waals surface area contributed by atoms with Gasteiger partial charge < -0.3 is 4.90 Å². The third-order valence-corrected chi connectivity index (χ3v) is 6.69. The maximum absolute atomic E-state index is 2.42. The van der Waals surface area contributed by atoms with Crippen LogP contribution >= 0.6 is 7.92 Å². The lowest BCUT2D eigenvalue weighted by molar-refractivity contribution is 0.400. The van der Waals surface area contributed by atoms with Gasteiger partial charge in [-0.05, 0) is 62.9 Å². The predicted molar refractivity (Wildman–Crippen MR) is 112 cm³/mol. The summed E-state index contributed by atoms with van der Waals surface area (Å²) < 4.78 is 0. The third kappa shape index (κ3) is 5.01. The van der Waals surface area contributed by atoms with Crippen molar-refractivity contribution in [1.82, 2.24) is 4.90 Å². The van der Waals surface area contributed by atoms with Crippen LogP contribution in [0.15, 0.2) is 84.9 Å². The fourth-order valence-corrected chi connectivity index (χ4v) is 5.42. The fraction of sp³-hybridized carbons (Fsp3) is 0.217. The summed E-state index contributed by atoms with van der Waals surface area (Å²) in [6, 6.07) is 31.0. The van der Waals surface area contributed by atoms with Crippen molar-refractivity contribution >= 4 is 23.8 Å². The second-order valence-electron chi connectivity index (χ2n) is 6.58.